The van der Waals surface area contributed by atoms with E-state index in [1.807, 2.05) is 6.92 Å². The second-order valence-corrected chi connectivity index (χ2v) is 7.01. The Balaban J connectivity index is 1.93. The van der Waals surface area contributed by atoms with Crippen LogP contribution in [0.1, 0.15) is 19.8 Å². The van der Waals surface area contributed by atoms with Gasteiger partial charge in [0.15, 0.2) is 12.0 Å². The summed E-state index contributed by atoms with van der Waals surface area (Å²) in [6.45, 7) is 1.37. The molecule has 11 nitrogen and oxygen atoms in total. The van der Waals surface area contributed by atoms with E-state index in [9.17, 15) is 35.4 Å². The van der Waals surface area contributed by atoms with Gasteiger partial charge in [0, 0.05) is 12.3 Å². The van der Waals surface area contributed by atoms with Crippen molar-refractivity contribution in [3.8, 4) is 0 Å². The first-order valence-corrected chi connectivity index (χ1v) is 8.90. The van der Waals surface area contributed by atoms with E-state index in [0.29, 0.717) is 12.3 Å². The lowest BCUT2D eigenvalue weighted by molar-refractivity contribution is -0.279. The molecule has 0 aromatic carbocycles. The van der Waals surface area contributed by atoms with Crippen LogP contribution < -0.4 is 0 Å². The second-order valence-electron chi connectivity index (χ2n) is 7.01. The van der Waals surface area contributed by atoms with E-state index in [-0.39, 0.29) is 0 Å². The van der Waals surface area contributed by atoms with Crippen molar-refractivity contribution in [2.45, 2.75) is 74.8 Å². The van der Waals surface area contributed by atoms with Crippen molar-refractivity contribution < 1.29 is 49.6 Å². The standard InChI is InChI=1S/C16H25NO10/c1-2-3-6-17-8-7(9(19)5(4-18)25-16(8)26-6)13-11(21)10(20)12(22)14(27-13)15(23)24/h5,7-14,16,18-22H,2-4H2,1H3,(H,23,24)/t5-,7?,8-,9-,10-,11-,12+,13+,14+,16-/m1/s1. The Morgan fingerprint density at radius 1 is 1.07 bits per heavy atom. The molecule has 10 atom stereocenters. The van der Waals surface area contributed by atoms with Gasteiger partial charge in [0.2, 0.25) is 6.29 Å². The highest BCUT2D eigenvalue weighted by Gasteiger charge is 2.58. The summed E-state index contributed by atoms with van der Waals surface area (Å²) in [6.07, 6.45) is -10.6. The number of hydrogen-bond donors (Lipinski definition) is 6. The van der Waals surface area contributed by atoms with Crippen molar-refractivity contribution in [2.75, 3.05) is 6.61 Å². The van der Waals surface area contributed by atoms with E-state index in [1.165, 1.54) is 0 Å². The van der Waals surface area contributed by atoms with E-state index in [2.05, 4.69) is 4.99 Å². The first-order valence-electron chi connectivity index (χ1n) is 8.90. The average molecular weight is 391 g/mol. The summed E-state index contributed by atoms with van der Waals surface area (Å²) in [5.74, 6) is -2.17. The van der Waals surface area contributed by atoms with Crippen LogP contribution in [0.25, 0.3) is 0 Å². The molecule has 0 radical (unpaired) electrons. The summed E-state index contributed by atoms with van der Waals surface area (Å²) in [5, 5.41) is 59.7. The summed E-state index contributed by atoms with van der Waals surface area (Å²) in [4.78, 5) is 15.7. The number of aliphatic carboxylic acids is 1. The predicted octanol–water partition coefficient (Wildman–Crippen LogP) is -2.79. The Labute approximate surface area is 154 Å². The maximum absolute atomic E-state index is 11.4. The van der Waals surface area contributed by atoms with Crippen molar-refractivity contribution in [3.63, 3.8) is 0 Å². The molecule has 2 fully saturated rings. The van der Waals surface area contributed by atoms with Crippen LogP contribution in [-0.4, -0.2) is 104 Å². The fourth-order valence-corrected chi connectivity index (χ4v) is 3.85. The van der Waals surface area contributed by atoms with Gasteiger partial charge in [0.25, 0.3) is 0 Å². The van der Waals surface area contributed by atoms with Gasteiger partial charge >= 0.3 is 5.97 Å². The summed E-state index contributed by atoms with van der Waals surface area (Å²) in [7, 11) is 0. The van der Waals surface area contributed by atoms with Crippen LogP contribution in [0.15, 0.2) is 4.99 Å². The molecule has 11 heteroatoms. The first kappa shape index (κ1) is 20.4. The number of carbonyl (C=O) groups is 1. The number of nitrogens with zero attached hydrogens (tertiary/aromatic N) is 1. The van der Waals surface area contributed by atoms with Crippen molar-refractivity contribution in [3.05, 3.63) is 0 Å². The molecule has 0 spiro atoms. The van der Waals surface area contributed by atoms with Gasteiger partial charge in [-0.25, -0.2) is 9.79 Å². The lowest BCUT2D eigenvalue weighted by atomic mass is 9.78. The molecule has 0 aliphatic carbocycles. The number of fused-ring (bicyclic) bond motifs is 1. The Morgan fingerprint density at radius 3 is 2.37 bits per heavy atom. The molecule has 1 unspecified atom stereocenters. The van der Waals surface area contributed by atoms with E-state index in [4.69, 9.17) is 14.2 Å². The number of ether oxygens (including phenoxy) is 3. The number of carboxylic acids is 1. The molecule has 3 aliphatic rings. The molecular weight excluding hydrogens is 366 g/mol. The molecule has 6 N–H and O–H groups in total. The summed E-state index contributed by atoms with van der Waals surface area (Å²) >= 11 is 0. The molecule has 2 saturated heterocycles. The fraction of sp³-hybridized carbons (Fsp3) is 0.875. The fourth-order valence-electron chi connectivity index (χ4n) is 3.85. The van der Waals surface area contributed by atoms with Crippen molar-refractivity contribution in [1.82, 2.24) is 0 Å². The Bertz CT molecular complexity index is 586. The quantitative estimate of drug-likeness (QED) is 0.287. The van der Waals surface area contributed by atoms with Crippen LogP contribution in [-0.2, 0) is 19.0 Å². The normalized spacial score (nSPS) is 47.1. The zero-order chi connectivity index (χ0) is 19.9. The Morgan fingerprint density at radius 2 is 1.78 bits per heavy atom. The maximum Gasteiger partial charge on any atom is 0.335 e. The smallest absolute Gasteiger partial charge is 0.335 e. The highest BCUT2D eigenvalue weighted by atomic mass is 16.7. The number of aliphatic hydroxyl groups excluding tert-OH is 5. The van der Waals surface area contributed by atoms with E-state index in [1.54, 1.807) is 0 Å². The van der Waals surface area contributed by atoms with Gasteiger partial charge < -0.3 is 44.8 Å². The van der Waals surface area contributed by atoms with Gasteiger partial charge in [-0.1, -0.05) is 6.92 Å². The topological polar surface area (TPSA) is 178 Å². The minimum atomic E-state index is -1.84. The van der Waals surface area contributed by atoms with Gasteiger partial charge in [0.05, 0.1) is 18.8 Å². The number of carboxylic acid groups (broad SMARTS) is 1. The summed E-state index contributed by atoms with van der Waals surface area (Å²) < 4.78 is 16.5. The number of rotatable bonds is 5. The SMILES string of the molecule is CCCC1=N[C@@H]2C([C@@H]3O[C@H](C(=O)O)[C@@H](O)[C@H](O)[C@H]3O)[C@H](O)[C@@H](CO)O[C@@H]2O1. The zero-order valence-corrected chi connectivity index (χ0v) is 14.7. The monoisotopic (exact) mass is 391 g/mol. The third-order valence-corrected chi connectivity index (χ3v) is 5.22. The third kappa shape index (κ3) is 3.56. The van der Waals surface area contributed by atoms with Crippen molar-refractivity contribution in [1.29, 1.82) is 0 Å². The highest BCUT2D eigenvalue weighted by Crippen LogP contribution is 2.39. The lowest BCUT2D eigenvalue weighted by Crippen LogP contribution is -2.67. The van der Waals surface area contributed by atoms with Gasteiger partial charge in [-0.15, -0.1) is 0 Å². The third-order valence-electron chi connectivity index (χ3n) is 5.22. The van der Waals surface area contributed by atoms with E-state index >= 15 is 0 Å². The molecule has 3 aliphatic heterocycles. The maximum atomic E-state index is 11.4. The first-order chi connectivity index (χ1) is 12.8. The zero-order valence-electron chi connectivity index (χ0n) is 14.7. The van der Waals surface area contributed by atoms with E-state index in [0.717, 1.165) is 6.42 Å². The van der Waals surface area contributed by atoms with Crippen LogP contribution in [0.4, 0.5) is 0 Å². The molecule has 0 aromatic heterocycles. The molecule has 27 heavy (non-hydrogen) atoms. The largest absolute Gasteiger partial charge is 0.479 e. The van der Waals surface area contributed by atoms with Gasteiger partial charge in [-0.2, -0.15) is 0 Å². The minimum Gasteiger partial charge on any atom is -0.479 e. The van der Waals surface area contributed by atoms with E-state index < -0.39 is 73.6 Å². The number of aliphatic hydroxyl groups is 5. The lowest BCUT2D eigenvalue weighted by Gasteiger charge is -2.48. The molecule has 0 aromatic rings. The molecular formula is C16H25NO10. The van der Waals surface area contributed by atoms with Crippen LogP contribution in [0.3, 0.4) is 0 Å². The highest BCUT2D eigenvalue weighted by molar-refractivity contribution is 5.78. The van der Waals surface area contributed by atoms with Gasteiger partial charge in [-0.3, -0.25) is 0 Å². The van der Waals surface area contributed by atoms with Gasteiger partial charge in [-0.05, 0) is 6.42 Å². The van der Waals surface area contributed by atoms with Crippen LogP contribution in [0, 0.1) is 5.92 Å². The van der Waals surface area contributed by atoms with Gasteiger partial charge in [0.1, 0.15) is 30.5 Å². The predicted molar refractivity (Wildman–Crippen MR) is 86.8 cm³/mol. The molecule has 3 rings (SSSR count). The van der Waals surface area contributed by atoms with Crippen LogP contribution >= 0.6 is 0 Å². The number of aliphatic imine (C=N–C) groups is 1. The summed E-state index contributed by atoms with van der Waals surface area (Å²) in [5.41, 5.74) is 0. The van der Waals surface area contributed by atoms with Crippen LogP contribution in [0.5, 0.6) is 0 Å². The molecule has 3 heterocycles. The molecule has 0 amide bonds. The molecule has 154 valence electrons. The summed E-state index contributed by atoms with van der Waals surface area (Å²) in [6, 6.07) is -0.833. The molecule has 0 bridgehead atoms. The second kappa shape index (κ2) is 7.95. The Kier molecular flexibility index (Phi) is 6.01. The number of hydrogen-bond acceptors (Lipinski definition) is 10. The van der Waals surface area contributed by atoms with Crippen molar-refractivity contribution in [2.24, 2.45) is 10.9 Å². The minimum absolute atomic E-state index is 0.379. The Hall–Kier alpha value is -1.34. The molecule has 0 saturated carbocycles. The average Bonchev–Trinajstić information content (AvgIpc) is 3.02. The van der Waals surface area contributed by atoms with Crippen LogP contribution in [0.2, 0.25) is 0 Å². The van der Waals surface area contributed by atoms with Crippen molar-refractivity contribution >= 4 is 11.9 Å².